The largest absolute Gasteiger partial charge is 0.383 e. The summed E-state index contributed by atoms with van der Waals surface area (Å²) in [7, 11) is 0. The molecule has 1 saturated carbocycles. The van der Waals surface area contributed by atoms with Crippen LogP contribution >= 0.6 is 0 Å². The SMILES string of the molecule is O=C(NCc1nc(-c2ccc(F)cc2)n[nH]1)C(O)C1CCC1. The van der Waals surface area contributed by atoms with Crippen LogP contribution < -0.4 is 5.32 Å². The second kappa shape index (κ2) is 6.23. The molecule has 1 aliphatic carbocycles. The van der Waals surface area contributed by atoms with Gasteiger partial charge in [-0.3, -0.25) is 9.89 Å². The van der Waals surface area contributed by atoms with Crippen LogP contribution in [-0.4, -0.2) is 32.3 Å². The predicted octanol–water partition coefficient (Wildman–Crippen LogP) is 1.39. The maximum atomic E-state index is 12.9. The van der Waals surface area contributed by atoms with Crippen LogP contribution in [0.3, 0.4) is 0 Å². The minimum absolute atomic E-state index is 0.0736. The van der Waals surface area contributed by atoms with Gasteiger partial charge in [-0.2, -0.15) is 5.10 Å². The predicted molar refractivity (Wildman–Crippen MR) is 77.0 cm³/mol. The van der Waals surface area contributed by atoms with Gasteiger partial charge < -0.3 is 10.4 Å². The molecule has 0 spiro atoms. The first kappa shape index (κ1) is 14.6. The Labute approximate surface area is 126 Å². The first-order valence-corrected chi connectivity index (χ1v) is 7.26. The number of halogens is 1. The Hall–Kier alpha value is -2.28. The quantitative estimate of drug-likeness (QED) is 0.778. The van der Waals surface area contributed by atoms with E-state index in [0.717, 1.165) is 19.3 Å². The Morgan fingerprint density at radius 3 is 2.77 bits per heavy atom. The van der Waals surface area contributed by atoms with Crippen LogP contribution in [0.25, 0.3) is 11.4 Å². The summed E-state index contributed by atoms with van der Waals surface area (Å²) in [6.07, 6.45) is 1.91. The molecule has 1 aromatic heterocycles. The van der Waals surface area contributed by atoms with Gasteiger partial charge in [-0.25, -0.2) is 9.37 Å². The van der Waals surface area contributed by atoms with Crippen LogP contribution in [0.5, 0.6) is 0 Å². The summed E-state index contributed by atoms with van der Waals surface area (Å²) in [4.78, 5) is 16.0. The summed E-state index contributed by atoms with van der Waals surface area (Å²) in [5.41, 5.74) is 0.685. The summed E-state index contributed by atoms with van der Waals surface area (Å²) < 4.78 is 12.9. The number of amides is 1. The number of rotatable bonds is 5. The molecule has 1 amide bonds. The number of H-pyrrole nitrogens is 1. The topological polar surface area (TPSA) is 90.9 Å². The Morgan fingerprint density at radius 1 is 1.41 bits per heavy atom. The standard InChI is InChI=1S/C15H17FN4O2/c16-11-6-4-10(5-7-11)14-18-12(19-20-14)8-17-15(22)13(21)9-2-1-3-9/h4-7,9,13,21H,1-3,8H2,(H,17,22)(H,18,19,20). The molecule has 1 fully saturated rings. The van der Waals surface area contributed by atoms with Crippen molar-refractivity contribution in [1.29, 1.82) is 0 Å². The highest BCUT2D eigenvalue weighted by Crippen LogP contribution is 2.29. The molecule has 22 heavy (non-hydrogen) atoms. The lowest BCUT2D eigenvalue weighted by Gasteiger charge is -2.29. The fourth-order valence-electron chi connectivity index (χ4n) is 2.35. The molecule has 0 aliphatic heterocycles. The fourth-order valence-corrected chi connectivity index (χ4v) is 2.35. The molecule has 3 rings (SSSR count). The van der Waals surface area contributed by atoms with E-state index in [9.17, 15) is 14.3 Å². The molecule has 1 atom stereocenters. The molecule has 1 heterocycles. The molecule has 116 valence electrons. The normalized spacial score (nSPS) is 16.1. The highest BCUT2D eigenvalue weighted by Gasteiger charge is 2.30. The van der Waals surface area contributed by atoms with Gasteiger partial charge in [0.2, 0.25) is 5.91 Å². The van der Waals surface area contributed by atoms with Crippen LogP contribution in [0, 0.1) is 11.7 Å². The number of hydrogen-bond acceptors (Lipinski definition) is 4. The summed E-state index contributed by atoms with van der Waals surface area (Å²) in [5, 5.41) is 19.2. The van der Waals surface area contributed by atoms with Crippen molar-refractivity contribution in [1.82, 2.24) is 20.5 Å². The van der Waals surface area contributed by atoms with E-state index in [-0.39, 0.29) is 24.2 Å². The van der Waals surface area contributed by atoms with E-state index < -0.39 is 6.10 Å². The van der Waals surface area contributed by atoms with Gasteiger partial charge in [0.05, 0.1) is 6.54 Å². The third-order valence-electron chi connectivity index (χ3n) is 3.93. The number of aromatic nitrogens is 3. The Morgan fingerprint density at radius 2 is 2.14 bits per heavy atom. The molecule has 1 aromatic carbocycles. The summed E-state index contributed by atoms with van der Waals surface area (Å²) >= 11 is 0. The van der Waals surface area contributed by atoms with E-state index in [1.165, 1.54) is 12.1 Å². The van der Waals surface area contributed by atoms with Gasteiger partial charge in [-0.1, -0.05) is 6.42 Å². The van der Waals surface area contributed by atoms with Gasteiger partial charge >= 0.3 is 0 Å². The summed E-state index contributed by atoms with van der Waals surface area (Å²) in [6.45, 7) is 0.164. The Bertz CT molecular complexity index is 652. The number of carbonyl (C=O) groups excluding carboxylic acids is 1. The third-order valence-corrected chi connectivity index (χ3v) is 3.93. The molecule has 0 bridgehead atoms. The third kappa shape index (κ3) is 3.14. The van der Waals surface area contributed by atoms with Crippen molar-refractivity contribution in [2.75, 3.05) is 0 Å². The number of benzene rings is 1. The average molecular weight is 304 g/mol. The monoisotopic (exact) mass is 304 g/mol. The van der Waals surface area contributed by atoms with Crippen molar-refractivity contribution in [2.24, 2.45) is 5.92 Å². The number of aliphatic hydroxyl groups is 1. The van der Waals surface area contributed by atoms with Gasteiger partial charge in [0.1, 0.15) is 17.7 Å². The highest BCUT2D eigenvalue weighted by atomic mass is 19.1. The number of carbonyl (C=O) groups is 1. The van der Waals surface area contributed by atoms with Crippen LogP contribution in [-0.2, 0) is 11.3 Å². The lowest BCUT2D eigenvalue weighted by molar-refractivity contribution is -0.134. The zero-order chi connectivity index (χ0) is 15.5. The molecule has 6 nitrogen and oxygen atoms in total. The summed E-state index contributed by atoms with van der Waals surface area (Å²) in [5.74, 6) is 0.281. The van der Waals surface area contributed by atoms with E-state index in [0.29, 0.717) is 17.2 Å². The minimum atomic E-state index is -0.951. The molecule has 7 heteroatoms. The van der Waals surface area contributed by atoms with E-state index in [1.54, 1.807) is 12.1 Å². The van der Waals surface area contributed by atoms with E-state index in [4.69, 9.17) is 0 Å². The second-order valence-corrected chi connectivity index (χ2v) is 5.47. The van der Waals surface area contributed by atoms with Crippen LogP contribution in [0.1, 0.15) is 25.1 Å². The van der Waals surface area contributed by atoms with Crippen molar-refractivity contribution in [3.8, 4) is 11.4 Å². The van der Waals surface area contributed by atoms with E-state index in [2.05, 4.69) is 20.5 Å². The molecule has 1 unspecified atom stereocenters. The molecule has 2 aromatic rings. The molecule has 0 radical (unpaired) electrons. The molecule has 1 aliphatic rings. The number of nitrogens with one attached hydrogen (secondary N) is 2. The Kier molecular flexibility index (Phi) is 4.15. The van der Waals surface area contributed by atoms with Gasteiger partial charge in [0.15, 0.2) is 5.82 Å². The number of nitrogens with zero attached hydrogens (tertiary/aromatic N) is 2. The van der Waals surface area contributed by atoms with Gasteiger partial charge in [0, 0.05) is 5.56 Å². The van der Waals surface area contributed by atoms with Crippen molar-refractivity contribution < 1.29 is 14.3 Å². The van der Waals surface area contributed by atoms with Crippen molar-refractivity contribution in [3.05, 3.63) is 35.9 Å². The van der Waals surface area contributed by atoms with Crippen molar-refractivity contribution in [3.63, 3.8) is 0 Å². The van der Waals surface area contributed by atoms with E-state index >= 15 is 0 Å². The van der Waals surface area contributed by atoms with Crippen LogP contribution in [0.4, 0.5) is 4.39 Å². The number of aromatic amines is 1. The maximum Gasteiger partial charge on any atom is 0.249 e. The molecular weight excluding hydrogens is 287 g/mol. The lowest BCUT2D eigenvalue weighted by atomic mass is 9.81. The lowest BCUT2D eigenvalue weighted by Crippen LogP contribution is -2.41. The zero-order valence-corrected chi connectivity index (χ0v) is 11.9. The van der Waals surface area contributed by atoms with Crippen LogP contribution in [0.15, 0.2) is 24.3 Å². The number of aliphatic hydroxyl groups excluding tert-OH is 1. The van der Waals surface area contributed by atoms with Gasteiger partial charge in [0.25, 0.3) is 0 Å². The first-order valence-electron chi connectivity index (χ1n) is 7.26. The minimum Gasteiger partial charge on any atom is -0.383 e. The van der Waals surface area contributed by atoms with Gasteiger partial charge in [-0.15, -0.1) is 0 Å². The molecule has 3 N–H and O–H groups in total. The van der Waals surface area contributed by atoms with Crippen molar-refractivity contribution >= 4 is 5.91 Å². The Balaban J connectivity index is 1.57. The maximum absolute atomic E-state index is 12.9. The zero-order valence-electron chi connectivity index (χ0n) is 11.9. The molecular formula is C15H17FN4O2. The number of hydrogen-bond donors (Lipinski definition) is 3. The smallest absolute Gasteiger partial charge is 0.249 e. The van der Waals surface area contributed by atoms with Gasteiger partial charge in [-0.05, 0) is 43.0 Å². The average Bonchev–Trinajstić information content (AvgIpc) is 2.92. The molecule has 0 saturated heterocycles. The van der Waals surface area contributed by atoms with Crippen molar-refractivity contribution in [2.45, 2.75) is 31.9 Å². The highest BCUT2D eigenvalue weighted by molar-refractivity contribution is 5.80. The second-order valence-electron chi connectivity index (χ2n) is 5.47. The fraction of sp³-hybridized carbons (Fsp3) is 0.400. The van der Waals surface area contributed by atoms with E-state index in [1.807, 2.05) is 0 Å². The summed E-state index contributed by atoms with van der Waals surface area (Å²) in [6, 6.07) is 5.84. The van der Waals surface area contributed by atoms with Crippen LogP contribution in [0.2, 0.25) is 0 Å². The first-order chi connectivity index (χ1) is 10.6.